The van der Waals surface area contributed by atoms with Crippen LogP contribution in [0.25, 0.3) is 0 Å². The second kappa shape index (κ2) is 5.41. The van der Waals surface area contributed by atoms with Gasteiger partial charge in [-0.2, -0.15) is 0 Å². The molecule has 0 aliphatic carbocycles. The highest BCUT2D eigenvalue weighted by Crippen LogP contribution is 2.31. The molecule has 3 N–H and O–H groups in total. The number of nitrogens with one attached hydrogen (secondary N) is 1. The Bertz CT molecular complexity index is 307. The Morgan fingerprint density at radius 2 is 2.21 bits per heavy atom. The first-order chi connectivity index (χ1) is 6.65. The molecular formula is C9H12Cl2N2O. The fourth-order valence-corrected chi connectivity index (χ4v) is 1.20. The molecule has 1 unspecified atom stereocenters. The standard InChI is InChI=1S/C9H12Cl2N2O/c1-6(13-12)5-14-8-4-2-3-7(10)9(8)11/h2-4,6,13H,5,12H2,1H3. The Kier molecular flexibility index (Phi) is 4.48. The fraction of sp³-hybridized carbons (Fsp3) is 0.333. The van der Waals surface area contributed by atoms with Gasteiger partial charge in [-0.05, 0) is 19.1 Å². The van der Waals surface area contributed by atoms with E-state index in [0.29, 0.717) is 22.4 Å². The van der Waals surface area contributed by atoms with Gasteiger partial charge in [0.15, 0.2) is 0 Å². The van der Waals surface area contributed by atoms with Gasteiger partial charge in [0, 0.05) is 0 Å². The smallest absolute Gasteiger partial charge is 0.139 e. The van der Waals surface area contributed by atoms with Gasteiger partial charge in [0.1, 0.15) is 17.4 Å². The van der Waals surface area contributed by atoms with E-state index in [1.54, 1.807) is 18.2 Å². The van der Waals surface area contributed by atoms with E-state index in [4.69, 9.17) is 33.8 Å². The largest absolute Gasteiger partial charge is 0.490 e. The number of nitrogens with two attached hydrogens (primary N) is 1. The van der Waals surface area contributed by atoms with E-state index in [2.05, 4.69) is 5.43 Å². The fourth-order valence-electron chi connectivity index (χ4n) is 0.858. The highest BCUT2D eigenvalue weighted by atomic mass is 35.5. The Balaban J connectivity index is 2.63. The zero-order valence-corrected chi connectivity index (χ0v) is 9.27. The second-order valence-electron chi connectivity index (χ2n) is 2.93. The molecule has 0 aromatic heterocycles. The minimum absolute atomic E-state index is 0.0602. The predicted octanol–water partition coefficient (Wildman–Crippen LogP) is 2.22. The van der Waals surface area contributed by atoms with Crippen LogP contribution in [0.4, 0.5) is 0 Å². The molecule has 1 rings (SSSR count). The number of hydrogen-bond acceptors (Lipinski definition) is 3. The van der Waals surface area contributed by atoms with Crippen LogP contribution >= 0.6 is 23.2 Å². The van der Waals surface area contributed by atoms with Crippen molar-refractivity contribution in [3.05, 3.63) is 28.2 Å². The molecule has 0 aliphatic heterocycles. The average molecular weight is 235 g/mol. The third-order valence-electron chi connectivity index (χ3n) is 1.69. The van der Waals surface area contributed by atoms with Crippen LogP contribution in [-0.4, -0.2) is 12.6 Å². The Labute approximate surface area is 93.1 Å². The first-order valence-electron chi connectivity index (χ1n) is 4.18. The molecule has 14 heavy (non-hydrogen) atoms. The zero-order chi connectivity index (χ0) is 10.6. The topological polar surface area (TPSA) is 47.3 Å². The summed E-state index contributed by atoms with van der Waals surface area (Å²) < 4.78 is 5.41. The van der Waals surface area contributed by atoms with Gasteiger partial charge in [-0.1, -0.05) is 29.3 Å². The van der Waals surface area contributed by atoms with Crippen LogP contribution in [0.15, 0.2) is 18.2 Å². The van der Waals surface area contributed by atoms with Gasteiger partial charge >= 0.3 is 0 Å². The van der Waals surface area contributed by atoms with Crippen molar-refractivity contribution in [3.63, 3.8) is 0 Å². The molecule has 78 valence electrons. The lowest BCUT2D eigenvalue weighted by molar-refractivity contribution is 0.275. The number of rotatable bonds is 4. The lowest BCUT2D eigenvalue weighted by atomic mass is 10.3. The molecule has 0 amide bonds. The van der Waals surface area contributed by atoms with Crippen molar-refractivity contribution in [1.29, 1.82) is 0 Å². The molecule has 0 spiro atoms. The first-order valence-corrected chi connectivity index (χ1v) is 4.93. The summed E-state index contributed by atoms with van der Waals surface area (Å²) >= 11 is 11.7. The van der Waals surface area contributed by atoms with Crippen molar-refractivity contribution >= 4 is 23.2 Å². The highest BCUT2D eigenvalue weighted by Gasteiger charge is 2.06. The minimum Gasteiger partial charge on any atom is -0.490 e. The molecule has 0 bridgehead atoms. The van der Waals surface area contributed by atoms with Crippen molar-refractivity contribution in [2.45, 2.75) is 13.0 Å². The van der Waals surface area contributed by atoms with Gasteiger partial charge in [0.25, 0.3) is 0 Å². The van der Waals surface area contributed by atoms with Crippen LogP contribution in [-0.2, 0) is 0 Å². The van der Waals surface area contributed by atoms with Gasteiger partial charge in [0.05, 0.1) is 11.1 Å². The number of hydrogen-bond donors (Lipinski definition) is 2. The number of benzene rings is 1. The lowest BCUT2D eigenvalue weighted by Gasteiger charge is -2.13. The maximum absolute atomic E-state index is 5.91. The average Bonchev–Trinajstić information content (AvgIpc) is 2.20. The van der Waals surface area contributed by atoms with E-state index in [1.165, 1.54) is 0 Å². The molecule has 0 fully saturated rings. The predicted molar refractivity (Wildman–Crippen MR) is 58.7 cm³/mol. The van der Waals surface area contributed by atoms with Crippen LogP contribution in [0.2, 0.25) is 10.0 Å². The van der Waals surface area contributed by atoms with Crippen LogP contribution in [0.5, 0.6) is 5.75 Å². The van der Waals surface area contributed by atoms with Gasteiger partial charge in [-0.15, -0.1) is 0 Å². The zero-order valence-electron chi connectivity index (χ0n) is 7.76. The summed E-state index contributed by atoms with van der Waals surface area (Å²) in [5, 5.41) is 0.913. The maximum atomic E-state index is 5.91. The first kappa shape index (κ1) is 11.6. The molecule has 1 aromatic rings. The van der Waals surface area contributed by atoms with Crippen molar-refractivity contribution in [2.24, 2.45) is 5.84 Å². The summed E-state index contributed by atoms with van der Waals surface area (Å²) in [7, 11) is 0. The third-order valence-corrected chi connectivity index (χ3v) is 2.49. The maximum Gasteiger partial charge on any atom is 0.139 e. The van der Waals surface area contributed by atoms with Gasteiger partial charge in [0.2, 0.25) is 0 Å². The van der Waals surface area contributed by atoms with Gasteiger partial charge < -0.3 is 4.74 Å². The molecule has 0 saturated heterocycles. The molecule has 0 radical (unpaired) electrons. The van der Waals surface area contributed by atoms with Gasteiger partial charge in [-0.3, -0.25) is 11.3 Å². The molecule has 1 aromatic carbocycles. The minimum atomic E-state index is 0.0602. The van der Waals surface area contributed by atoms with Crippen molar-refractivity contribution in [2.75, 3.05) is 6.61 Å². The van der Waals surface area contributed by atoms with Crippen LogP contribution in [0.1, 0.15) is 6.92 Å². The molecule has 3 nitrogen and oxygen atoms in total. The number of hydrazine groups is 1. The third kappa shape index (κ3) is 3.03. The monoisotopic (exact) mass is 234 g/mol. The van der Waals surface area contributed by atoms with Crippen LogP contribution in [0.3, 0.4) is 0 Å². The second-order valence-corrected chi connectivity index (χ2v) is 3.72. The van der Waals surface area contributed by atoms with Crippen LogP contribution < -0.4 is 16.0 Å². The summed E-state index contributed by atoms with van der Waals surface area (Å²) in [6, 6.07) is 5.31. The lowest BCUT2D eigenvalue weighted by Crippen LogP contribution is -2.36. The summed E-state index contributed by atoms with van der Waals surface area (Å²) in [5.74, 6) is 5.79. The quantitative estimate of drug-likeness (QED) is 0.621. The van der Waals surface area contributed by atoms with Crippen LogP contribution in [0, 0.1) is 0 Å². The van der Waals surface area contributed by atoms with E-state index in [9.17, 15) is 0 Å². The number of ether oxygens (including phenoxy) is 1. The molecule has 0 aliphatic rings. The highest BCUT2D eigenvalue weighted by molar-refractivity contribution is 6.42. The summed E-state index contributed by atoms with van der Waals surface area (Å²) in [4.78, 5) is 0. The normalized spacial score (nSPS) is 12.6. The molecule has 0 heterocycles. The Morgan fingerprint density at radius 3 is 2.86 bits per heavy atom. The molecule has 5 heteroatoms. The van der Waals surface area contributed by atoms with E-state index in [0.717, 1.165) is 0 Å². The van der Waals surface area contributed by atoms with Crippen molar-refractivity contribution in [1.82, 2.24) is 5.43 Å². The van der Waals surface area contributed by atoms with E-state index in [-0.39, 0.29) is 6.04 Å². The van der Waals surface area contributed by atoms with Crippen molar-refractivity contribution in [3.8, 4) is 5.75 Å². The van der Waals surface area contributed by atoms with Crippen molar-refractivity contribution < 1.29 is 4.74 Å². The number of halogens is 2. The van der Waals surface area contributed by atoms with E-state index < -0.39 is 0 Å². The summed E-state index contributed by atoms with van der Waals surface area (Å²) in [6.45, 7) is 2.34. The van der Waals surface area contributed by atoms with E-state index >= 15 is 0 Å². The molecule has 0 saturated carbocycles. The molecular weight excluding hydrogens is 223 g/mol. The SMILES string of the molecule is CC(COc1cccc(Cl)c1Cl)NN. The Morgan fingerprint density at radius 1 is 1.50 bits per heavy atom. The summed E-state index contributed by atoms with van der Waals surface area (Å²) in [6.07, 6.45) is 0. The molecule has 1 atom stereocenters. The van der Waals surface area contributed by atoms with Gasteiger partial charge in [-0.25, -0.2) is 0 Å². The van der Waals surface area contributed by atoms with E-state index in [1.807, 2.05) is 6.92 Å². The summed E-state index contributed by atoms with van der Waals surface area (Å²) in [5.41, 5.74) is 2.57. The Hall–Kier alpha value is -0.480.